The van der Waals surface area contributed by atoms with Gasteiger partial charge < -0.3 is 5.11 Å². The van der Waals surface area contributed by atoms with Crippen molar-refractivity contribution in [1.29, 1.82) is 0 Å². The van der Waals surface area contributed by atoms with Crippen LogP contribution in [0.4, 0.5) is 17.6 Å². The van der Waals surface area contributed by atoms with Gasteiger partial charge in [-0.15, -0.1) is 5.10 Å². The molecule has 34 heavy (non-hydrogen) atoms. The van der Waals surface area contributed by atoms with E-state index in [0.29, 0.717) is 11.3 Å². The minimum Gasteiger partial charge on any atom is -0.388 e. The number of aromatic nitrogens is 4. The van der Waals surface area contributed by atoms with Gasteiger partial charge in [0, 0.05) is 23.6 Å². The first kappa shape index (κ1) is 23.6. The Morgan fingerprint density at radius 3 is 2.44 bits per heavy atom. The molecule has 0 saturated heterocycles. The number of pyridine rings is 1. The molecule has 2 aromatic carbocycles. The Morgan fingerprint density at radius 2 is 1.85 bits per heavy atom. The van der Waals surface area contributed by atoms with Crippen LogP contribution in [0, 0.1) is 12.7 Å². The lowest BCUT2D eigenvalue weighted by Crippen LogP contribution is -2.24. The average molecular weight is 474 g/mol. The lowest BCUT2D eigenvalue weighted by molar-refractivity contribution is -0.146. The summed E-state index contributed by atoms with van der Waals surface area (Å²) in [5.41, 5.74) is 0.639. The molecule has 6 nitrogen and oxygen atoms in total. The van der Waals surface area contributed by atoms with Crippen LogP contribution < -0.4 is 5.69 Å². The molecule has 1 atom stereocenters. The highest BCUT2D eigenvalue weighted by atomic mass is 19.4. The molecule has 0 spiro atoms. The fraction of sp³-hybridized carbons (Fsp3) is 0.292. The Labute approximate surface area is 192 Å². The van der Waals surface area contributed by atoms with Crippen molar-refractivity contribution in [3.05, 3.63) is 75.7 Å². The molecule has 0 fully saturated rings. The Kier molecular flexibility index (Phi) is 6.03. The van der Waals surface area contributed by atoms with Crippen molar-refractivity contribution in [2.75, 3.05) is 0 Å². The van der Waals surface area contributed by atoms with Gasteiger partial charge in [0.15, 0.2) is 11.6 Å². The topological polar surface area (TPSA) is 72.9 Å². The highest BCUT2D eigenvalue weighted by Gasteiger charge is 2.38. The van der Waals surface area contributed by atoms with E-state index in [1.807, 2.05) is 13.0 Å². The second-order valence-electron chi connectivity index (χ2n) is 8.01. The van der Waals surface area contributed by atoms with Crippen LogP contribution in [0.15, 0.2) is 47.3 Å². The van der Waals surface area contributed by atoms with Crippen molar-refractivity contribution in [2.24, 2.45) is 0 Å². The van der Waals surface area contributed by atoms with Crippen molar-refractivity contribution in [3.8, 4) is 16.9 Å². The third kappa shape index (κ3) is 3.98. The van der Waals surface area contributed by atoms with E-state index in [1.165, 1.54) is 6.07 Å². The van der Waals surface area contributed by atoms with Crippen molar-refractivity contribution in [3.63, 3.8) is 0 Å². The van der Waals surface area contributed by atoms with Gasteiger partial charge in [-0.25, -0.2) is 14.2 Å². The van der Waals surface area contributed by atoms with Gasteiger partial charge in [0.1, 0.15) is 12.3 Å². The van der Waals surface area contributed by atoms with E-state index in [9.17, 15) is 23.1 Å². The SMILES string of the molecule is CCn1c(CO)nn(-c2cc3c([C@H](C)C(F)(F)F)cc(-c4ccccc4C)nc3cc2F)c1=O. The van der Waals surface area contributed by atoms with Gasteiger partial charge in [-0.2, -0.15) is 17.9 Å². The number of hydrogen-bond acceptors (Lipinski definition) is 4. The van der Waals surface area contributed by atoms with Crippen LogP contribution in [0.3, 0.4) is 0 Å². The normalized spacial score (nSPS) is 12.9. The number of hydrogen-bond donors (Lipinski definition) is 1. The number of aliphatic hydroxyl groups excluding tert-OH is 1. The molecule has 1 N–H and O–H groups in total. The van der Waals surface area contributed by atoms with Crippen molar-refractivity contribution < 1.29 is 22.7 Å². The van der Waals surface area contributed by atoms with Crippen molar-refractivity contribution in [2.45, 2.75) is 46.0 Å². The van der Waals surface area contributed by atoms with Gasteiger partial charge >= 0.3 is 11.9 Å². The zero-order chi connectivity index (χ0) is 24.8. The summed E-state index contributed by atoms with van der Waals surface area (Å²) in [5, 5.41) is 13.5. The van der Waals surface area contributed by atoms with Crippen LogP contribution in [0.2, 0.25) is 0 Å². The molecule has 0 amide bonds. The minimum atomic E-state index is -4.56. The molecule has 0 aliphatic heterocycles. The van der Waals surface area contributed by atoms with E-state index >= 15 is 4.39 Å². The van der Waals surface area contributed by atoms with Crippen LogP contribution in [0.5, 0.6) is 0 Å². The third-order valence-electron chi connectivity index (χ3n) is 5.91. The van der Waals surface area contributed by atoms with Crippen LogP contribution in [0.25, 0.3) is 27.8 Å². The van der Waals surface area contributed by atoms with E-state index in [4.69, 9.17) is 0 Å². The van der Waals surface area contributed by atoms with E-state index < -0.39 is 30.2 Å². The van der Waals surface area contributed by atoms with Gasteiger partial charge in [-0.3, -0.25) is 4.57 Å². The van der Waals surface area contributed by atoms with E-state index in [-0.39, 0.29) is 34.5 Å². The molecule has 4 aromatic rings. The maximum Gasteiger partial charge on any atom is 0.395 e. The first-order chi connectivity index (χ1) is 16.1. The molecule has 178 valence electrons. The Morgan fingerprint density at radius 1 is 1.15 bits per heavy atom. The zero-order valence-electron chi connectivity index (χ0n) is 18.7. The second-order valence-corrected chi connectivity index (χ2v) is 8.01. The molecule has 4 rings (SSSR count). The van der Waals surface area contributed by atoms with E-state index in [1.54, 1.807) is 25.1 Å². The summed E-state index contributed by atoms with van der Waals surface area (Å²) in [6.45, 7) is 4.13. The fourth-order valence-corrected chi connectivity index (χ4v) is 3.99. The number of aliphatic hydroxyl groups is 1. The molecule has 10 heteroatoms. The van der Waals surface area contributed by atoms with Gasteiger partial charge in [-0.05, 0) is 44.0 Å². The van der Waals surface area contributed by atoms with Crippen LogP contribution in [-0.4, -0.2) is 30.6 Å². The standard InChI is InChI=1S/C24H22F4N4O2/c1-4-31-22(12-33)30-32(23(31)34)21-10-17-16(14(3)24(26,27)28)9-19(29-20(17)11-18(21)25)15-8-6-5-7-13(15)2/h5-11,14,33H,4,12H2,1-3H3/t14-/m0/s1. The molecule has 2 aromatic heterocycles. The number of rotatable bonds is 5. The van der Waals surface area contributed by atoms with Gasteiger partial charge in [0.05, 0.1) is 17.1 Å². The lowest BCUT2D eigenvalue weighted by Gasteiger charge is -2.20. The molecular weight excluding hydrogens is 452 g/mol. The quantitative estimate of drug-likeness (QED) is 0.419. The van der Waals surface area contributed by atoms with Crippen LogP contribution in [-0.2, 0) is 13.2 Å². The Bertz CT molecular complexity index is 1440. The number of alkyl halides is 3. The number of nitrogens with zero attached hydrogens (tertiary/aromatic N) is 4. The highest BCUT2D eigenvalue weighted by Crippen LogP contribution is 2.40. The minimum absolute atomic E-state index is 0.0175. The Balaban J connectivity index is 2.04. The van der Waals surface area contributed by atoms with E-state index in [2.05, 4.69) is 10.1 Å². The van der Waals surface area contributed by atoms with E-state index in [0.717, 1.165) is 33.9 Å². The summed E-state index contributed by atoms with van der Waals surface area (Å²) in [5.74, 6) is -2.74. The molecule has 0 saturated carbocycles. The lowest BCUT2D eigenvalue weighted by atomic mass is 9.93. The maximum absolute atomic E-state index is 15.2. The zero-order valence-corrected chi connectivity index (χ0v) is 18.7. The molecule has 0 aliphatic rings. The van der Waals surface area contributed by atoms with Gasteiger partial charge in [-0.1, -0.05) is 24.3 Å². The van der Waals surface area contributed by atoms with Gasteiger partial charge in [0.2, 0.25) is 0 Å². The number of benzene rings is 2. The van der Waals surface area contributed by atoms with Crippen LogP contribution >= 0.6 is 0 Å². The molecule has 0 unspecified atom stereocenters. The van der Waals surface area contributed by atoms with Crippen LogP contribution in [0.1, 0.15) is 36.7 Å². The second kappa shape index (κ2) is 8.68. The van der Waals surface area contributed by atoms with Crippen molar-refractivity contribution in [1.82, 2.24) is 19.3 Å². The maximum atomic E-state index is 15.2. The molecule has 2 heterocycles. The average Bonchev–Trinajstić information content (AvgIpc) is 3.12. The molecule has 0 radical (unpaired) electrons. The Hall–Kier alpha value is -3.53. The number of fused-ring (bicyclic) bond motifs is 1. The summed E-state index contributed by atoms with van der Waals surface area (Å²) in [7, 11) is 0. The van der Waals surface area contributed by atoms with Gasteiger partial charge in [0.25, 0.3) is 0 Å². The first-order valence-corrected chi connectivity index (χ1v) is 10.6. The van der Waals surface area contributed by atoms with Crippen molar-refractivity contribution >= 4 is 10.9 Å². The summed E-state index contributed by atoms with van der Waals surface area (Å²) in [6, 6.07) is 10.6. The number of halogens is 4. The molecular formula is C24H22F4N4O2. The predicted octanol–water partition coefficient (Wildman–Crippen LogP) is 4.87. The summed E-state index contributed by atoms with van der Waals surface area (Å²) in [4.78, 5) is 17.2. The monoisotopic (exact) mass is 474 g/mol. The predicted molar refractivity (Wildman–Crippen MR) is 119 cm³/mol. The summed E-state index contributed by atoms with van der Waals surface area (Å²) >= 11 is 0. The molecule has 0 bridgehead atoms. The summed E-state index contributed by atoms with van der Waals surface area (Å²) < 4.78 is 58.5. The summed E-state index contributed by atoms with van der Waals surface area (Å²) in [6.07, 6.45) is -4.56. The number of aryl methyl sites for hydroxylation is 1. The largest absolute Gasteiger partial charge is 0.395 e. The third-order valence-corrected chi connectivity index (χ3v) is 5.91. The fourth-order valence-electron chi connectivity index (χ4n) is 3.99. The highest BCUT2D eigenvalue weighted by molar-refractivity contribution is 5.88. The first-order valence-electron chi connectivity index (χ1n) is 10.6. The smallest absolute Gasteiger partial charge is 0.388 e. The molecule has 0 aliphatic carbocycles.